The van der Waals surface area contributed by atoms with Crippen LogP contribution in [0.15, 0.2) is 28.8 Å². The highest BCUT2D eigenvalue weighted by Gasteiger charge is 2.25. The fraction of sp³-hybridized carbons (Fsp3) is 0.348. The van der Waals surface area contributed by atoms with Crippen molar-refractivity contribution in [3.8, 4) is 17.3 Å². The van der Waals surface area contributed by atoms with Crippen molar-refractivity contribution in [1.82, 2.24) is 10.1 Å². The van der Waals surface area contributed by atoms with E-state index in [4.69, 9.17) is 33.5 Å². The number of benzene rings is 1. The topological polar surface area (TPSA) is 108 Å². The molecule has 0 fully saturated rings. The van der Waals surface area contributed by atoms with Crippen LogP contribution >= 0.6 is 34.5 Å². The van der Waals surface area contributed by atoms with Gasteiger partial charge in [-0.3, -0.25) is 4.79 Å². The molecule has 0 saturated carbocycles. The van der Waals surface area contributed by atoms with Crippen LogP contribution in [0.5, 0.6) is 0 Å². The Kier molecular flexibility index (Phi) is 8.75. The Hall–Kier alpha value is -2.57. The summed E-state index contributed by atoms with van der Waals surface area (Å²) in [6.07, 6.45) is 2.28. The summed E-state index contributed by atoms with van der Waals surface area (Å²) in [5, 5.41) is 18.3. The van der Waals surface area contributed by atoms with Crippen molar-refractivity contribution < 1.29 is 9.32 Å². The number of nitriles is 1. The lowest BCUT2D eigenvalue weighted by Crippen LogP contribution is -2.29. The molecule has 3 aromatic rings. The quantitative estimate of drug-likeness (QED) is 0.310. The van der Waals surface area contributed by atoms with Gasteiger partial charge in [0.2, 0.25) is 11.5 Å². The molecule has 2 aromatic heterocycles. The number of halogens is 2. The first-order valence-corrected chi connectivity index (χ1v) is 12.2. The third-order valence-electron chi connectivity index (χ3n) is 5.19. The van der Waals surface area contributed by atoms with E-state index < -0.39 is 5.78 Å². The molecule has 0 atom stereocenters. The Morgan fingerprint density at radius 3 is 2.76 bits per heavy atom. The molecule has 2 heterocycles. The highest BCUT2D eigenvalue weighted by atomic mass is 35.5. The van der Waals surface area contributed by atoms with Crippen LogP contribution in [-0.2, 0) is 0 Å². The fourth-order valence-corrected chi connectivity index (χ4v) is 4.85. The minimum absolute atomic E-state index is 0.0109. The van der Waals surface area contributed by atoms with Crippen LogP contribution in [-0.4, -0.2) is 42.0 Å². The van der Waals surface area contributed by atoms with E-state index in [9.17, 15) is 10.1 Å². The number of aromatic nitrogens is 1. The maximum Gasteiger partial charge on any atom is 0.243 e. The Bertz CT molecular complexity index is 1170. The largest absolute Gasteiger partial charge is 0.396 e. The van der Waals surface area contributed by atoms with Crippen molar-refractivity contribution in [2.24, 2.45) is 0 Å². The highest BCUT2D eigenvalue weighted by Crippen LogP contribution is 2.37. The number of hydrogen-bond donors (Lipinski definition) is 2. The summed E-state index contributed by atoms with van der Waals surface area (Å²) in [4.78, 5) is 15.6. The number of carbonyl (C=O) groups is 1. The zero-order chi connectivity index (χ0) is 24.0. The number of nitrogens with one attached hydrogen (secondary N) is 1. The molecule has 1 aromatic carbocycles. The molecule has 0 aliphatic carbocycles. The van der Waals surface area contributed by atoms with Crippen LogP contribution in [0.2, 0.25) is 10.0 Å². The first-order chi connectivity index (χ1) is 15.9. The lowest BCUT2D eigenvalue weighted by atomic mass is 10.1. The third kappa shape index (κ3) is 5.87. The molecule has 0 bridgehead atoms. The SMILES string of the molecule is CCCCN(CC)CCNc1sc(C(=O)c2cc(-c3ccc(Cl)cc3Cl)no2)c(N)c1C#N. The molecule has 0 radical (unpaired) electrons. The lowest BCUT2D eigenvalue weighted by Gasteiger charge is -2.20. The first-order valence-electron chi connectivity index (χ1n) is 10.6. The summed E-state index contributed by atoms with van der Waals surface area (Å²) >= 11 is 13.3. The van der Waals surface area contributed by atoms with E-state index in [2.05, 4.69) is 35.3 Å². The minimum atomic E-state index is -0.441. The molecule has 7 nitrogen and oxygen atoms in total. The molecule has 0 saturated heterocycles. The molecule has 174 valence electrons. The smallest absolute Gasteiger partial charge is 0.243 e. The van der Waals surface area contributed by atoms with Gasteiger partial charge < -0.3 is 20.5 Å². The average Bonchev–Trinajstić information content (AvgIpc) is 3.40. The number of thiophene rings is 1. The van der Waals surface area contributed by atoms with Crippen molar-refractivity contribution in [2.45, 2.75) is 26.7 Å². The molecule has 10 heteroatoms. The van der Waals surface area contributed by atoms with Gasteiger partial charge in [-0.25, -0.2) is 0 Å². The fourth-order valence-electron chi connectivity index (χ4n) is 3.30. The summed E-state index contributed by atoms with van der Waals surface area (Å²) < 4.78 is 5.27. The number of nitrogens with two attached hydrogens (primary N) is 1. The van der Waals surface area contributed by atoms with Gasteiger partial charge in [0.05, 0.1) is 10.7 Å². The number of carbonyl (C=O) groups excluding carboxylic acids is 1. The van der Waals surface area contributed by atoms with Gasteiger partial charge >= 0.3 is 0 Å². The number of ketones is 1. The van der Waals surface area contributed by atoms with Crippen LogP contribution in [0.1, 0.15) is 47.7 Å². The predicted molar refractivity (Wildman–Crippen MR) is 134 cm³/mol. The number of anilines is 2. The normalized spacial score (nSPS) is 11.0. The monoisotopic (exact) mass is 505 g/mol. The van der Waals surface area contributed by atoms with E-state index in [1.54, 1.807) is 18.2 Å². The van der Waals surface area contributed by atoms with Crippen molar-refractivity contribution in [3.63, 3.8) is 0 Å². The van der Waals surface area contributed by atoms with Gasteiger partial charge in [0.1, 0.15) is 27.2 Å². The van der Waals surface area contributed by atoms with Gasteiger partial charge in [0.25, 0.3) is 0 Å². The molecule has 0 aliphatic rings. The van der Waals surface area contributed by atoms with Crippen LogP contribution in [0.4, 0.5) is 10.7 Å². The number of hydrogen-bond acceptors (Lipinski definition) is 8. The zero-order valence-electron chi connectivity index (χ0n) is 18.5. The number of unbranched alkanes of at least 4 members (excludes halogenated alkanes) is 1. The Balaban J connectivity index is 1.77. The summed E-state index contributed by atoms with van der Waals surface area (Å²) in [5.41, 5.74) is 7.55. The lowest BCUT2D eigenvalue weighted by molar-refractivity contribution is 0.100. The predicted octanol–water partition coefficient (Wildman–Crippen LogP) is 5.93. The second-order valence-corrected chi connectivity index (χ2v) is 9.27. The van der Waals surface area contributed by atoms with Crippen LogP contribution in [0.3, 0.4) is 0 Å². The molecular weight excluding hydrogens is 481 g/mol. The molecule has 33 heavy (non-hydrogen) atoms. The van der Waals surface area contributed by atoms with E-state index in [1.165, 1.54) is 6.07 Å². The summed E-state index contributed by atoms with van der Waals surface area (Å²) in [5.74, 6) is -0.430. The van der Waals surface area contributed by atoms with E-state index in [0.717, 1.165) is 43.8 Å². The van der Waals surface area contributed by atoms with Crippen LogP contribution in [0, 0.1) is 11.3 Å². The molecule has 3 N–H and O–H groups in total. The van der Waals surface area contributed by atoms with E-state index in [1.807, 2.05) is 0 Å². The summed E-state index contributed by atoms with van der Waals surface area (Å²) in [6, 6.07) is 8.57. The van der Waals surface area contributed by atoms with Crippen LogP contribution < -0.4 is 11.1 Å². The van der Waals surface area contributed by atoms with Gasteiger partial charge in [0.15, 0.2) is 0 Å². The first kappa shape index (κ1) is 25.1. The van der Waals surface area contributed by atoms with Crippen molar-refractivity contribution >= 4 is 51.0 Å². The number of nitrogen functional groups attached to an aromatic ring is 1. The Labute approximate surface area is 207 Å². The Morgan fingerprint density at radius 2 is 2.09 bits per heavy atom. The second kappa shape index (κ2) is 11.5. The summed E-state index contributed by atoms with van der Waals surface area (Å²) in [7, 11) is 0. The Morgan fingerprint density at radius 1 is 1.30 bits per heavy atom. The highest BCUT2D eigenvalue weighted by molar-refractivity contribution is 7.19. The van der Waals surface area contributed by atoms with E-state index >= 15 is 0 Å². The van der Waals surface area contributed by atoms with Crippen molar-refractivity contribution in [1.29, 1.82) is 5.26 Å². The standard InChI is InChI=1S/C23H25Cl2N5O2S/c1-3-5-9-30(4-2)10-8-28-23-16(13-26)20(27)22(33-23)21(31)19-12-18(29-32-19)15-7-6-14(24)11-17(15)25/h6-7,11-12,28H,3-5,8-10,27H2,1-2H3. The number of nitrogens with zero attached hydrogens (tertiary/aromatic N) is 3. The van der Waals surface area contributed by atoms with Gasteiger partial charge in [0, 0.05) is 29.7 Å². The van der Waals surface area contributed by atoms with Crippen molar-refractivity contribution in [3.05, 3.63) is 50.5 Å². The van der Waals surface area contributed by atoms with Crippen LogP contribution in [0.25, 0.3) is 11.3 Å². The third-order valence-corrected chi connectivity index (χ3v) is 6.90. The molecule has 0 spiro atoms. The number of rotatable bonds is 11. The summed E-state index contributed by atoms with van der Waals surface area (Å²) in [6.45, 7) is 7.74. The van der Waals surface area contributed by atoms with E-state index in [-0.39, 0.29) is 21.9 Å². The zero-order valence-corrected chi connectivity index (χ0v) is 20.8. The van der Waals surface area contributed by atoms with Gasteiger partial charge in [-0.05, 0) is 37.7 Å². The maximum atomic E-state index is 13.1. The van der Waals surface area contributed by atoms with Gasteiger partial charge in [-0.1, -0.05) is 48.6 Å². The molecule has 0 aliphatic heterocycles. The minimum Gasteiger partial charge on any atom is -0.396 e. The molecule has 3 rings (SSSR count). The molecular formula is C23H25Cl2N5O2S. The van der Waals surface area contributed by atoms with Gasteiger partial charge in [-0.15, -0.1) is 11.3 Å². The average molecular weight is 506 g/mol. The maximum absolute atomic E-state index is 13.1. The van der Waals surface area contributed by atoms with Gasteiger partial charge in [-0.2, -0.15) is 5.26 Å². The number of likely N-dealkylation sites (N-methyl/N-ethyl adjacent to an activating group) is 1. The second-order valence-electron chi connectivity index (χ2n) is 7.41. The molecule has 0 amide bonds. The van der Waals surface area contributed by atoms with E-state index in [0.29, 0.717) is 32.8 Å². The van der Waals surface area contributed by atoms with Crippen molar-refractivity contribution in [2.75, 3.05) is 37.2 Å². The molecule has 0 unspecified atom stereocenters.